The van der Waals surface area contributed by atoms with Crippen LogP contribution in [0.25, 0.3) is 0 Å². The quantitative estimate of drug-likeness (QED) is 0.356. The third-order valence-corrected chi connectivity index (χ3v) is 3.95. The van der Waals surface area contributed by atoms with Crippen molar-refractivity contribution in [3.63, 3.8) is 0 Å². The van der Waals surface area contributed by atoms with Gasteiger partial charge in [-0.15, -0.1) is 0 Å². The van der Waals surface area contributed by atoms with E-state index < -0.39 is 11.8 Å². The van der Waals surface area contributed by atoms with Crippen molar-refractivity contribution >= 4 is 23.2 Å². The molecule has 0 aliphatic carbocycles. The van der Waals surface area contributed by atoms with Gasteiger partial charge in [0.1, 0.15) is 11.6 Å². The van der Waals surface area contributed by atoms with Gasteiger partial charge in [0.15, 0.2) is 0 Å². The number of benzene rings is 2. The first-order valence-corrected chi connectivity index (χ1v) is 8.52. The lowest BCUT2D eigenvalue weighted by atomic mass is 10.1. The maximum absolute atomic E-state index is 12.6. The highest BCUT2D eigenvalue weighted by molar-refractivity contribution is 6.21. The van der Waals surface area contributed by atoms with E-state index in [4.69, 9.17) is 5.73 Å². The number of rotatable bonds is 6. The van der Waals surface area contributed by atoms with Crippen LogP contribution in [0.15, 0.2) is 60.3 Å². The third kappa shape index (κ3) is 5.44. The molecule has 0 bridgehead atoms. The minimum absolute atomic E-state index is 0.147. The average Bonchev–Trinajstić information content (AvgIpc) is 2.64. The number of nitrogens with one attached hydrogen (secondary N) is 1. The van der Waals surface area contributed by atoms with Crippen molar-refractivity contribution in [1.29, 1.82) is 5.26 Å². The average molecular weight is 362 g/mol. The van der Waals surface area contributed by atoms with E-state index in [1.54, 1.807) is 24.3 Å². The first-order chi connectivity index (χ1) is 12.9. The fraction of sp³-hybridized carbons (Fsp3) is 0.190. The number of nitrogens with two attached hydrogens (primary N) is 1. The maximum atomic E-state index is 12.6. The Kier molecular flexibility index (Phi) is 6.73. The molecule has 0 aliphatic rings. The molecule has 0 heterocycles. The van der Waals surface area contributed by atoms with E-state index in [9.17, 15) is 14.9 Å². The predicted molar refractivity (Wildman–Crippen MR) is 106 cm³/mol. The number of hydrogen-bond donors (Lipinski definition) is 2. The Balaban J connectivity index is 2.06. The van der Waals surface area contributed by atoms with Crippen molar-refractivity contribution in [2.45, 2.75) is 20.3 Å². The molecule has 2 aromatic carbocycles. The van der Waals surface area contributed by atoms with Gasteiger partial charge in [-0.2, -0.15) is 5.26 Å². The Labute approximate surface area is 158 Å². The summed E-state index contributed by atoms with van der Waals surface area (Å²) in [7, 11) is 0. The van der Waals surface area contributed by atoms with Gasteiger partial charge in [-0.25, -0.2) is 4.90 Å². The van der Waals surface area contributed by atoms with Gasteiger partial charge in [-0.3, -0.25) is 9.59 Å². The van der Waals surface area contributed by atoms with Gasteiger partial charge in [-0.1, -0.05) is 29.8 Å². The molecule has 0 saturated heterocycles. The van der Waals surface area contributed by atoms with Gasteiger partial charge in [-0.05, 0) is 43.2 Å². The van der Waals surface area contributed by atoms with E-state index >= 15 is 0 Å². The first-order valence-electron chi connectivity index (χ1n) is 8.52. The van der Waals surface area contributed by atoms with Crippen LogP contribution in [0.1, 0.15) is 18.1 Å². The summed E-state index contributed by atoms with van der Waals surface area (Å²) in [6, 6.07) is 16.3. The lowest BCUT2D eigenvalue weighted by Crippen LogP contribution is -2.36. The Morgan fingerprint density at radius 2 is 1.78 bits per heavy atom. The molecule has 0 aliphatic heterocycles. The summed E-state index contributed by atoms with van der Waals surface area (Å²) in [5, 5.41) is 12.3. The van der Waals surface area contributed by atoms with Crippen molar-refractivity contribution in [3.05, 3.63) is 71.4 Å². The second-order valence-electron chi connectivity index (χ2n) is 6.11. The van der Waals surface area contributed by atoms with E-state index in [2.05, 4.69) is 5.32 Å². The summed E-state index contributed by atoms with van der Waals surface area (Å²) in [5.41, 5.74) is 8.72. The summed E-state index contributed by atoms with van der Waals surface area (Å²) in [5.74, 6) is -1.16. The van der Waals surface area contributed by atoms with Gasteiger partial charge in [0, 0.05) is 25.4 Å². The van der Waals surface area contributed by atoms with Crippen LogP contribution < -0.4 is 16.0 Å². The molecule has 2 aromatic rings. The molecule has 0 saturated carbocycles. The minimum atomic E-state index is -0.683. The molecular formula is C21H22N4O2. The largest absolute Gasteiger partial charge is 0.399 e. The topological polar surface area (TPSA) is 99.2 Å². The number of imide groups is 1. The number of anilines is 2. The fourth-order valence-electron chi connectivity index (χ4n) is 2.47. The number of nitrogens with zero attached hydrogens (tertiary/aromatic N) is 2. The van der Waals surface area contributed by atoms with Crippen LogP contribution in [-0.4, -0.2) is 18.4 Å². The Bertz CT molecular complexity index is 878. The molecule has 0 atom stereocenters. The van der Waals surface area contributed by atoms with E-state index in [1.807, 2.05) is 37.3 Å². The maximum Gasteiger partial charge on any atom is 0.277 e. The SMILES string of the molecule is CC(=O)N(C(=O)/C(C#N)=C\NCCc1ccc(C)cc1)c1ccc(N)cc1. The number of nitriles is 1. The molecule has 0 radical (unpaired) electrons. The van der Waals surface area contributed by atoms with Crippen LogP contribution in [0.5, 0.6) is 0 Å². The van der Waals surface area contributed by atoms with Crippen LogP contribution in [0.3, 0.4) is 0 Å². The number of hydrogen-bond acceptors (Lipinski definition) is 5. The summed E-state index contributed by atoms with van der Waals surface area (Å²) >= 11 is 0. The fourth-order valence-corrected chi connectivity index (χ4v) is 2.47. The van der Waals surface area contributed by atoms with E-state index in [1.165, 1.54) is 18.7 Å². The normalized spacial score (nSPS) is 10.8. The zero-order valence-electron chi connectivity index (χ0n) is 15.4. The van der Waals surface area contributed by atoms with Crippen molar-refractivity contribution in [1.82, 2.24) is 5.32 Å². The highest BCUT2D eigenvalue weighted by Crippen LogP contribution is 2.18. The molecular weight excluding hydrogens is 340 g/mol. The molecule has 0 unspecified atom stereocenters. The number of carbonyl (C=O) groups is 2. The second-order valence-corrected chi connectivity index (χ2v) is 6.11. The number of amides is 2. The molecule has 2 amide bonds. The van der Waals surface area contributed by atoms with Crippen molar-refractivity contribution in [2.24, 2.45) is 0 Å². The van der Waals surface area contributed by atoms with Crippen molar-refractivity contribution in [2.75, 3.05) is 17.2 Å². The summed E-state index contributed by atoms with van der Waals surface area (Å²) in [6.07, 6.45) is 2.10. The molecule has 3 N–H and O–H groups in total. The highest BCUT2D eigenvalue weighted by Gasteiger charge is 2.23. The molecule has 0 aromatic heterocycles. The van der Waals surface area contributed by atoms with Crippen LogP contribution in [0.4, 0.5) is 11.4 Å². The Morgan fingerprint density at radius 3 is 2.33 bits per heavy atom. The van der Waals surface area contributed by atoms with Crippen LogP contribution >= 0.6 is 0 Å². The van der Waals surface area contributed by atoms with Gasteiger partial charge < -0.3 is 11.1 Å². The van der Waals surface area contributed by atoms with Crippen LogP contribution in [0.2, 0.25) is 0 Å². The standard InChI is InChI=1S/C21H22N4O2/c1-15-3-5-17(6-4-15)11-12-24-14-18(13-22)21(27)25(16(2)26)20-9-7-19(23)8-10-20/h3-10,14,24H,11-12,23H2,1-2H3/b18-14-. The van der Waals surface area contributed by atoms with Gasteiger partial charge in [0.05, 0.1) is 5.69 Å². The molecule has 27 heavy (non-hydrogen) atoms. The number of carbonyl (C=O) groups excluding carboxylic acids is 2. The number of nitrogen functional groups attached to an aromatic ring is 1. The van der Waals surface area contributed by atoms with E-state index in [0.717, 1.165) is 16.9 Å². The molecule has 0 spiro atoms. The summed E-state index contributed by atoms with van der Waals surface area (Å²) in [6.45, 7) is 3.86. The zero-order chi connectivity index (χ0) is 19.8. The first kappa shape index (κ1) is 19.7. The predicted octanol–water partition coefficient (Wildman–Crippen LogP) is 2.70. The van der Waals surface area contributed by atoms with Gasteiger partial charge in [0.2, 0.25) is 5.91 Å². The van der Waals surface area contributed by atoms with Crippen LogP contribution in [0, 0.1) is 18.3 Å². The third-order valence-electron chi connectivity index (χ3n) is 3.95. The lowest BCUT2D eigenvalue weighted by Gasteiger charge is -2.19. The van der Waals surface area contributed by atoms with E-state index in [0.29, 0.717) is 17.9 Å². The Hall–Kier alpha value is -3.59. The minimum Gasteiger partial charge on any atom is -0.399 e. The van der Waals surface area contributed by atoms with Crippen molar-refractivity contribution in [3.8, 4) is 6.07 Å². The summed E-state index contributed by atoms with van der Waals surface area (Å²) < 4.78 is 0. The Morgan fingerprint density at radius 1 is 1.15 bits per heavy atom. The molecule has 0 fully saturated rings. The molecule has 6 nitrogen and oxygen atoms in total. The van der Waals surface area contributed by atoms with Crippen molar-refractivity contribution < 1.29 is 9.59 Å². The van der Waals surface area contributed by atoms with Crippen LogP contribution in [-0.2, 0) is 16.0 Å². The van der Waals surface area contributed by atoms with Gasteiger partial charge in [0.25, 0.3) is 5.91 Å². The van der Waals surface area contributed by atoms with E-state index in [-0.39, 0.29) is 5.57 Å². The monoisotopic (exact) mass is 362 g/mol. The summed E-state index contributed by atoms with van der Waals surface area (Å²) in [4.78, 5) is 25.6. The molecule has 2 rings (SSSR count). The smallest absolute Gasteiger partial charge is 0.277 e. The lowest BCUT2D eigenvalue weighted by molar-refractivity contribution is -0.123. The molecule has 6 heteroatoms. The zero-order valence-corrected chi connectivity index (χ0v) is 15.4. The van der Waals surface area contributed by atoms with Gasteiger partial charge >= 0.3 is 0 Å². The molecule has 138 valence electrons. The number of aryl methyl sites for hydroxylation is 1. The highest BCUT2D eigenvalue weighted by atomic mass is 16.2. The second kappa shape index (κ2) is 9.20.